The number of rotatable bonds is 3. The van der Waals surface area contributed by atoms with E-state index in [-0.39, 0.29) is 18.3 Å². The van der Waals surface area contributed by atoms with E-state index in [4.69, 9.17) is 17.3 Å². The minimum absolute atomic E-state index is 0. The van der Waals surface area contributed by atoms with Gasteiger partial charge in [-0.1, -0.05) is 24.4 Å². The molecule has 2 rings (SSSR count). The number of carbonyl (C=O) groups is 1. The number of halogens is 2. The Kier molecular flexibility index (Phi) is 5.68. The lowest BCUT2D eigenvalue weighted by Gasteiger charge is -2.24. The third kappa shape index (κ3) is 3.57. The molecular weight excluding hydrogens is 297 g/mol. The minimum atomic E-state index is -0.730. The molecule has 0 unspecified atom stereocenters. The second-order valence-electron chi connectivity index (χ2n) is 5.37. The minimum Gasteiger partial charge on any atom is -0.376 e. The topological polar surface area (TPSA) is 58.4 Å². The van der Waals surface area contributed by atoms with Gasteiger partial charge in [-0.2, -0.15) is 0 Å². The van der Waals surface area contributed by atoms with Gasteiger partial charge >= 0.3 is 0 Å². The third-order valence-corrected chi connectivity index (χ3v) is 3.87. The molecule has 1 aromatic rings. The second kappa shape index (κ2) is 6.66. The Bertz CT molecular complexity index is 485. The molecule has 20 heavy (non-hydrogen) atoms. The first-order valence-electron chi connectivity index (χ1n) is 6.49. The van der Waals surface area contributed by atoms with Crippen LogP contribution in [-0.2, 0) is 4.79 Å². The van der Waals surface area contributed by atoms with E-state index in [1.54, 1.807) is 12.1 Å². The highest BCUT2D eigenvalue weighted by Gasteiger charge is 2.37. The maximum Gasteiger partial charge on any atom is 0.244 e. The highest BCUT2D eigenvalue weighted by Crippen LogP contribution is 2.32. The van der Waals surface area contributed by atoms with Crippen LogP contribution in [0.3, 0.4) is 0 Å². The molecule has 112 valence electrons. The van der Waals surface area contributed by atoms with Gasteiger partial charge in [0.15, 0.2) is 0 Å². The molecule has 1 saturated carbocycles. The molecular formula is C14H21Cl2N3O. The number of benzene rings is 1. The van der Waals surface area contributed by atoms with E-state index in [0.717, 1.165) is 31.4 Å². The first-order valence-corrected chi connectivity index (χ1v) is 6.87. The van der Waals surface area contributed by atoms with E-state index < -0.39 is 5.54 Å². The standard InChI is InChI=1S/C14H20ClN3O.ClH/c1-18(2)12-6-5-10(15)9-11(12)17-13(19)14(16)7-3-4-8-14;/h5-6,9H,3-4,7-8,16H2,1-2H3,(H,17,19);1H. The highest BCUT2D eigenvalue weighted by atomic mass is 35.5. The molecule has 0 radical (unpaired) electrons. The molecule has 4 nitrogen and oxygen atoms in total. The summed E-state index contributed by atoms with van der Waals surface area (Å²) < 4.78 is 0. The van der Waals surface area contributed by atoms with Crippen LogP contribution >= 0.6 is 24.0 Å². The summed E-state index contributed by atoms with van der Waals surface area (Å²) in [5.41, 5.74) is 7.05. The van der Waals surface area contributed by atoms with Gasteiger partial charge in [0, 0.05) is 19.1 Å². The van der Waals surface area contributed by atoms with E-state index in [0.29, 0.717) is 10.7 Å². The highest BCUT2D eigenvalue weighted by molar-refractivity contribution is 6.31. The Morgan fingerprint density at radius 3 is 2.50 bits per heavy atom. The Morgan fingerprint density at radius 1 is 1.35 bits per heavy atom. The summed E-state index contributed by atoms with van der Waals surface area (Å²) in [5, 5.41) is 3.52. The van der Waals surface area contributed by atoms with Crippen molar-refractivity contribution in [3.05, 3.63) is 23.2 Å². The number of nitrogens with one attached hydrogen (secondary N) is 1. The largest absolute Gasteiger partial charge is 0.376 e. The van der Waals surface area contributed by atoms with Crippen molar-refractivity contribution in [2.75, 3.05) is 24.3 Å². The van der Waals surface area contributed by atoms with Gasteiger partial charge in [0.05, 0.1) is 16.9 Å². The number of carbonyl (C=O) groups excluding carboxylic acids is 1. The zero-order valence-electron chi connectivity index (χ0n) is 11.8. The van der Waals surface area contributed by atoms with Crippen LogP contribution in [0.2, 0.25) is 5.02 Å². The van der Waals surface area contributed by atoms with Crippen molar-refractivity contribution >= 4 is 41.3 Å². The van der Waals surface area contributed by atoms with E-state index in [2.05, 4.69) is 5.32 Å². The van der Waals surface area contributed by atoms with E-state index in [1.165, 1.54) is 0 Å². The summed E-state index contributed by atoms with van der Waals surface area (Å²) >= 11 is 6.00. The van der Waals surface area contributed by atoms with E-state index in [1.807, 2.05) is 25.1 Å². The van der Waals surface area contributed by atoms with E-state index in [9.17, 15) is 4.79 Å². The fraction of sp³-hybridized carbons (Fsp3) is 0.500. The molecule has 0 aliphatic heterocycles. The van der Waals surface area contributed by atoms with E-state index >= 15 is 0 Å². The fourth-order valence-corrected chi connectivity index (χ4v) is 2.65. The molecule has 0 aromatic heterocycles. The second-order valence-corrected chi connectivity index (χ2v) is 5.81. The number of nitrogens with zero attached hydrogens (tertiary/aromatic N) is 1. The maximum atomic E-state index is 12.3. The SMILES string of the molecule is CN(C)c1ccc(Cl)cc1NC(=O)C1(N)CCCC1.Cl. The van der Waals surface area contributed by atoms with Crippen molar-refractivity contribution in [3.63, 3.8) is 0 Å². The van der Waals surface area contributed by atoms with Crippen molar-refractivity contribution in [2.45, 2.75) is 31.2 Å². The zero-order chi connectivity index (χ0) is 14.0. The first kappa shape index (κ1) is 17.1. The van der Waals surface area contributed by atoms with Crippen LogP contribution in [0, 0.1) is 0 Å². The molecule has 0 atom stereocenters. The maximum absolute atomic E-state index is 12.3. The fourth-order valence-electron chi connectivity index (χ4n) is 2.48. The predicted octanol–water partition coefficient (Wildman–Crippen LogP) is 3.04. The molecule has 0 spiro atoms. The molecule has 0 saturated heterocycles. The van der Waals surface area contributed by atoms with Crippen molar-refractivity contribution in [1.29, 1.82) is 0 Å². The molecule has 1 aromatic carbocycles. The average molecular weight is 318 g/mol. The van der Waals surface area contributed by atoms with Crippen LogP contribution < -0.4 is 16.0 Å². The van der Waals surface area contributed by atoms with Gasteiger partial charge in [0.25, 0.3) is 0 Å². The average Bonchev–Trinajstić information content (AvgIpc) is 2.77. The van der Waals surface area contributed by atoms with Gasteiger partial charge in [-0.25, -0.2) is 0 Å². The molecule has 1 amide bonds. The Labute approximate surface area is 131 Å². The van der Waals surface area contributed by atoms with Crippen LogP contribution in [0.5, 0.6) is 0 Å². The summed E-state index contributed by atoms with van der Waals surface area (Å²) in [6.07, 6.45) is 3.52. The lowest BCUT2D eigenvalue weighted by atomic mass is 9.98. The van der Waals surface area contributed by atoms with Crippen molar-refractivity contribution in [1.82, 2.24) is 0 Å². The lowest BCUT2D eigenvalue weighted by molar-refractivity contribution is -0.120. The molecule has 0 heterocycles. The summed E-state index contributed by atoms with van der Waals surface area (Å²) in [6.45, 7) is 0. The zero-order valence-corrected chi connectivity index (χ0v) is 13.4. The Morgan fingerprint density at radius 2 is 1.95 bits per heavy atom. The van der Waals surface area contributed by atoms with Crippen molar-refractivity contribution < 1.29 is 4.79 Å². The normalized spacial score (nSPS) is 16.4. The number of hydrogen-bond acceptors (Lipinski definition) is 3. The van der Waals surface area contributed by atoms with Crippen LogP contribution in [0.1, 0.15) is 25.7 Å². The van der Waals surface area contributed by atoms with Crippen LogP contribution in [0.15, 0.2) is 18.2 Å². The molecule has 1 aliphatic carbocycles. The van der Waals surface area contributed by atoms with Gasteiger partial charge in [0.2, 0.25) is 5.91 Å². The summed E-state index contributed by atoms with van der Waals surface area (Å²) in [6, 6.07) is 5.45. The van der Waals surface area contributed by atoms with Gasteiger partial charge < -0.3 is 16.0 Å². The number of hydrogen-bond donors (Lipinski definition) is 2. The summed E-state index contributed by atoms with van der Waals surface area (Å²) in [5.74, 6) is -0.115. The number of amides is 1. The molecule has 3 N–H and O–H groups in total. The van der Waals surface area contributed by atoms with Gasteiger partial charge in [0.1, 0.15) is 0 Å². The third-order valence-electron chi connectivity index (χ3n) is 3.64. The Hall–Kier alpha value is -0.970. The predicted molar refractivity (Wildman–Crippen MR) is 87.0 cm³/mol. The smallest absolute Gasteiger partial charge is 0.244 e. The van der Waals surface area contributed by atoms with Crippen LogP contribution in [-0.4, -0.2) is 25.5 Å². The summed E-state index contributed by atoms with van der Waals surface area (Å²) in [4.78, 5) is 14.3. The molecule has 1 aliphatic rings. The monoisotopic (exact) mass is 317 g/mol. The van der Waals surface area contributed by atoms with Crippen molar-refractivity contribution in [3.8, 4) is 0 Å². The Balaban J connectivity index is 0.00000200. The van der Waals surface area contributed by atoms with Gasteiger partial charge in [-0.3, -0.25) is 4.79 Å². The van der Waals surface area contributed by atoms with Gasteiger partial charge in [-0.15, -0.1) is 12.4 Å². The van der Waals surface area contributed by atoms with Crippen molar-refractivity contribution in [2.24, 2.45) is 5.73 Å². The first-order chi connectivity index (χ1) is 8.92. The van der Waals surface area contributed by atoms with Crippen LogP contribution in [0.25, 0.3) is 0 Å². The van der Waals surface area contributed by atoms with Gasteiger partial charge in [-0.05, 0) is 31.0 Å². The molecule has 0 bridgehead atoms. The molecule has 6 heteroatoms. The number of anilines is 2. The quantitative estimate of drug-likeness (QED) is 0.900. The summed E-state index contributed by atoms with van der Waals surface area (Å²) in [7, 11) is 3.85. The number of nitrogens with two attached hydrogens (primary N) is 1. The lowest BCUT2D eigenvalue weighted by Crippen LogP contribution is -2.48. The molecule has 1 fully saturated rings. The van der Waals surface area contributed by atoms with Crippen LogP contribution in [0.4, 0.5) is 11.4 Å².